The molecule has 2 rings (SSSR count). The molecule has 1 aromatic carbocycles. The van der Waals surface area contributed by atoms with Crippen LogP contribution >= 0.6 is 11.8 Å². The van der Waals surface area contributed by atoms with Crippen LogP contribution in [0.5, 0.6) is 5.75 Å². The van der Waals surface area contributed by atoms with Crippen molar-refractivity contribution in [2.45, 2.75) is 12.5 Å². The van der Waals surface area contributed by atoms with Gasteiger partial charge in [-0.3, -0.25) is 9.59 Å². The van der Waals surface area contributed by atoms with Crippen LogP contribution in [0.15, 0.2) is 24.3 Å². The summed E-state index contributed by atoms with van der Waals surface area (Å²) in [6.45, 7) is 0. The zero-order chi connectivity index (χ0) is 13.7. The second kappa shape index (κ2) is 6.47. The van der Waals surface area contributed by atoms with Gasteiger partial charge in [0.15, 0.2) is 0 Å². The molecule has 0 radical (unpaired) electrons. The Kier molecular flexibility index (Phi) is 4.68. The third kappa shape index (κ3) is 3.89. The zero-order valence-corrected chi connectivity index (χ0v) is 11.5. The second-order valence-electron chi connectivity index (χ2n) is 4.16. The molecule has 2 N–H and O–H groups in total. The second-order valence-corrected chi connectivity index (χ2v) is 5.31. The van der Waals surface area contributed by atoms with Crippen LogP contribution in [0.3, 0.4) is 0 Å². The molecule has 0 unspecified atom stereocenters. The van der Waals surface area contributed by atoms with Crippen molar-refractivity contribution in [3.8, 4) is 5.75 Å². The fraction of sp³-hybridized carbons (Fsp3) is 0.385. The summed E-state index contributed by atoms with van der Waals surface area (Å²) in [5, 5.41) is 5.51. The molecule has 0 aromatic heterocycles. The van der Waals surface area contributed by atoms with Crippen molar-refractivity contribution >= 4 is 29.3 Å². The normalized spacial score (nSPS) is 19.2. The summed E-state index contributed by atoms with van der Waals surface area (Å²) >= 11 is 1.61. The molecule has 102 valence electrons. The van der Waals surface area contributed by atoms with Crippen molar-refractivity contribution in [2.24, 2.45) is 0 Å². The highest BCUT2D eigenvalue weighted by molar-refractivity contribution is 7.99. The van der Waals surface area contributed by atoms with Gasteiger partial charge in [0.05, 0.1) is 7.11 Å². The largest absolute Gasteiger partial charge is 0.497 e. The summed E-state index contributed by atoms with van der Waals surface area (Å²) in [6, 6.07) is 6.61. The van der Waals surface area contributed by atoms with E-state index in [2.05, 4.69) is 10.6 Å². The number of hydrogen-bond donors (Lipinski definition) is 2. The Morgan fingerprint density at radius 1 is 1.42 bits per heavy atom. The van der Waals surface area contributed by atoms with Gasteiger partial charge in [0.1, 0.15) is 11.8 Å². The molecule has 1 atom stereocenters. The summed E-state index contributed by atoms with van der Waals surface area (Å²) in [7, 11) is 1.59. The maximum absolute atomic E-state index is 12.0. The molecule has 19 heavy (non-hydrogen) atoms. The number of hydrogen-bond acceptors (Lipinski definition) is 4. The lowest BCUT2D eigenvalue weighted by molar-refractivity contribution is -0.125. The van der Waals surface area contributed by atoms with E-state index in [1.54, 1.807) is 43.1 Å². The van der Waals surface area contributed by atoms with E-state index in [9.17, 15) is 9.59 Å². The van der Waals surface area contributed by atoms with Gasteiger partial charge in [-0.05, 0) is 24.3 Å². The van der Waals surface area contributed by atoms with Gasteiger partial charge in [-0.1, -0.05) is 0 Å². The predicted octanol–water partition coefficient (Wildman–Crippen LogP) is 1.26. The molecule has 1 fully saturated rings. The molecular formula is C13H16N2O3S. The highest BCUT2D eigenvalue weighted by Crippen LogP contribution is 2.16. The highest BCUT2D eigenvalue weighted by Gasteiger charge is 2.23. The van der Waals surface area contributed by atoms with E-state index >= 15 is 0 Å². The van der Waals surface area contributed by atoms with Crippen molar-refractivity contribution < 1.29 is 14.3 Å². The number of nitrogens with one attached hydrogen (secondary N) is 2. The summed E-state index contributed by atoms with van der Waals surface area (Å²) < 4.78 is 5.05. The van der Waals surface area contributed by atoms with Crippen LogP contribution in [-0.2, 0) is 9.59 Å². The Bertz CT molecular complexity index is 461. The summed E-state index contributed by atoms with van der Waals surface area (Å²) in [5.74, 6) is 1.84. The van der Waals surface area contributed by atoms with E-state index in [0.29, 0.717) is 17.9 Å². The van der Waals surface area contributed by atoms with Gasteiger partial charge in [0.2, 0.25) is 11.8 Å². The molecule has 0 saturated carbocycles. The first-order valence-electron chi connectivity index (χ1n) is 6.01. The number of methoxy groups -OCH3 is 1. The minimum atomic E-state index is -0.470. The van der Waals surface area contributed by atoms with Gasteiger partial charge < -0.3 is 15.4 Å². The lowest BCUT2D eigenvalue weighted by Gasteiger charge is -2.15. The van der Waals surface area contributed by atoms with Crippen molar-refractivity contribution in [1.82, 2.24) is 5.32 Å². The van der Waals surface area contributed by atoms with Gasteiger partial charge in [-0.15, -0.1) is 0 Å². The van der Waals surface area contributed by atoms with Crippen molar-refractivity contribution in [3.63, 3.8) is 0 Å². The van der Waals surface area contributed by atoms with Crippen molar-refractivity contribution in [1.29, 1.82) is 0 Å². The SMILES string of the molecule is COc1ccc(NC(=O)[C@@H]2CSCCC(=O)N2)cc1. The minimum absolute atomic E-state index is 0.0696. The zero-order valence-electron chi connectivity index (χ0n) is 10.6. The van der Waals surface area contributed by atoms with Crippen LogP contribution < -0.4 is 15.4 Å². The van der Waals surface area contributed by atoms with E-state index in [-0.39, 0.29) is 11.8 Å². The third-order valence-corrected chi connectivity index (χ3v) is 3.83. The number of benzene rings is 1. The van der Waals surface area contributed by atoms with Crippen molar-refractivity contribution in [3.05, 3.63) is 24.3 Å². The average Bonchev–Trinajstić information content (AvgIpc) is 2.64. The lowest BCUT2D eigenvalue weighted by Crippen LogP contribution is -2.44. The summed E-state index contributed by atoms with van der Waals surface area (Å²) in [6.07, 6.45) is 0.469. The Balaban J connectivity index is 1.97. The first kappa shape index (κ1) is 13.7. The van der Waals surface area contributed by atoms with E-state index in [0.717, 1.165) is 11.5 Å². The summed E-state index contributed by atoms with van der Waals surface area (Å²) in [4.78, 5) is 23.5. The minimum Gasteiger partial charge on any atom is -0.497 e. The van der Waals surface area contributed by atoms with Crippen LogP contribution in [-0.4, -0.2) is 36.5 Å². The Morgan fingerprint density at radius 2 is 2.16 bits per heavy atom. The fourth-order valence-corrected chi connectivity index (χ4v) is 2.69. The maximum atomic E-state index is 12.0. The number of thioether (sulfide) groups is 1. The molecular weight excluding hydrogens is 264 g/mol. The molecule has 1 aliphatic heterocycles. The number of carbonyl (C=O) groups is 2. The molecule has 0 bridgehead atoms. The van der Waals surface area contributed by atoms with E-state index in [4.69, 9.17) is 4.74 Å². The van der Waals surface area contributed by atoms with E-state index in [1.165, 1.54) is 0 Å². The first-order valence-corrected chi connectivity index (χ1v) is 7.16. The quantitative estimate of drug-likeness (QED) is 0.874. The molecule has 1 saturated heterocycles. The Morgan fingerprint density at radius 3 is 2.84 bits per heavy atom. The van der Waals surface area contributed by atoms with Crippen molar-refractivity contribution in [2.75, 3.05) is 23.9 Å². The lowest BCUT2D eigenvalue weighted by atomic mass is 10.2. The van der Waals surface area contributed by atoms with Crippen LogP contribution in [0.4, 0.5) is 5.69 Å². The standard InChI is InChI=1S/C13H16N2O3S/c1-18-10-4-2-9(3-5-10)14-13(17)11-8-19-7-6-12(16)15-11/h2-5,11H,6-8H2,1H3,(H,14,17)(H,15,16)/t11-/m0/s1. The smallest absolute Gasteiger partial charge is 0.247 e. The predicted molar refractivity (Wildman–Crippen MR) is 75.5 cm³/mol. The van der Waals surface area contributed by atoms with E-state index in [1.807, 2.05) is 0 Å². The topological polar surface area (TPSA) is 67.4 Å². The first-order chi connectivity index (χ1) is 9.19. The number of amides is 2. The molecule has 0 aliphatic carbocycles. The number of carbonyl (C=O) groups excluding carboxylic acids is 2. The van der Waals surface area contributed by atoms with Gasteiger partial charge in [0.25, 0.3) is 0 Å². The third-order valence-electron chi connectivity index (χ3n) is 2.77. The van der Waals surface area contributed by atoms with Crippen LogP contribution in [0, 0.1) is 0 Å². The summed E-state index contributed by atoms with van der Waals surface area (Å²) in [5.41, 5.74) is 0.689. The maximum Gasteiger partial charge on any atom is 0.247 e. The number of anilines is 1. The molecule has 6 heteroatoms. The van der Waals surface area contributed by atoms with Gasteiger partial charge in [0, 0.05) is 23.6 Å². The monoisotopic (exact) mass is 280 g/mol. The molecule has 1 aromatic rings. The van der Waals surface area contributed by atoms with Gasteiger partial charge >= 0.3 is 0 Å². The Labute approximate surface area is 116 Å². The molecule has 0 spiro atoms. The fourth-order valence-electron chi connectivity index (χ4n) is 1.72. The Hall–Kier alpha value is -1.69. The molecule has 1 heterocycles. The van der Waals surface area contributed by atoms with Gasteiger partial charge in [-0.25, -0.2) is 0 Å². The highest BCUT2D eigenvalue weighted by atomic mass is 32.2. The van der Waals surface area contributed by atoms with Crippen LogP contribution in [0.25, 0.3) is 0 Å². The van der Waals surface area contributed by atoms with Crippen LogP contribution in [0.1, 0.15) is 6.42 Å². The van der Waals surface area contributed by atoms with Gasteiger partial charge in [-0.2, -0.15) is 11.8 Å². The van der Waals surface area contributed by atoms with E-state index < -0.39 is 6.04 Å². The number of rotatable bonds is 3. The molecule has 1 aliphatic rings. The van der Waals surface area contributed by atoms with Crippen LogP contribution in [0.2, 0.25) is 0 Å². The average molecular weight is 280 g/mol. The molecule has 5 nitrogen and oxygen atoms in total. The molecule has 2 amide bonds. The number of ether oxygens (including phenoxy) is 1.